The quantitative estimate of drug-likeness (QED) is 0.427. The van der Waals surface area contributed by atoms with Crippen LogP contribution in [0.5, 0.6) is 0 Å². The van der Waals surface area contributed by atoms with Crippen LogP contribution in [0.25, 0.3) is 0 Å². The molecule has 0 fully saturated rings. The molecule has 2 aliphatic rings. The first-order valence-corrected chi connectivity index (χ1v) is 12.4. The highest BCUT2D eigenvalue weighted by Crippen LogP contribution is 2.33. The molecule has 0 aromatic rings. The number of alkyl halides is 3. The second-order valence-corrected chi connectivity index (χ2v) is 11.3. The number of hydrogen-bond donors (Lipinski definition) is 0. The van der Waals surface area contributed by atoms with Gasteiger partial charge in [0.05, 0.1) is 3.63 Å². The Morgan fingerprint density at radius 2 is 2.04 bits per heavy atom. The minimum Gasteiger partial charge on any atom is -0.444 e. The van der Waals surface area contributed by atoms with Crippen LogP contribution in [0.1, 0.15) is 27.2 Å². The zero-order valence-electron chi connectivity index (χ0n) is 14.6. The molecule has 0 saturated carbocycles. The molecular weight excluding hydrogens is 484 g/mol. The van der Waals surface area contributed by atoms with E-state index >= 15 is 0 Å². The minimum absolute atomic E-state index is 0.0968. The summed E-state index contributed by atoms with van der Waals surface area (Å²) in [7, 11) is 1.45. The van der Waals surface area contributed by atoms with Gasteiger partial charge in [0, 0.05) is 19.6 Å². The molecular formula is C16H20F3IN2O3S. The minimum atomic E-state index is -4.91. The van der Waals surface area contributed by atoms with Crippen LogP contribution in [0.3, 0.4) is 0 Å². The molecule has 0 spiro atoms. The van der Waals surface area contributed by atoms with Gasteiger partial charge in [-0.25, -0.2) is 4.79 Å². The molecule has 2 heterocycles. The van der Waals surface area contributed by atoms with E-state index in [1.807, 2.05) is 0 Å². The Bertz CT molecular complexity index is 669. The zero-order chi connectivity index (χ0) is 19.5. The van der Waals surface area contributed by atoms with Crippen LogP contribution in [0.15, 0.2) is 23.1 Å². The predicted molar refractivity (Wildman–Crippen MR) is 104 cm³/mol. The zero-order valence-corrected chi connectivity index (χ0v) is 17.6. The number of carbonyl (C=O) groups is 2. The number of halogens is 4. The van der Waals surface area contributed by atoms with Crippen LogP contribution in [-0.4, -0.2) is 56.8 Å². The SMILES string of the molecule is CC(C)(C)OC(=O)N1CC=C(CN(C(=O)C(F)(F)F)C2=ISC=C2)CC1. The van der Waals surface area contributed by atoms with Gasteiger partial charge >= 0.3 is 18.2 Å². The molecule has 2 rings (SSSR count). The fourth-order valence-electron chi connectivity index (χ4n) is 2.26. The van der Waals surface area contributed by atoms with Gasteiger partial charge in [-0.2, -0.15) is 13.2 Å². The Hall–Kier alpha value is -1.04. The fraction of sp³-hybridized carbons (Fsp3) is 0.562. The summed E-state index contributed by atoms with van der Waals surface area (Å²) in [6.45, 7) is 5.82. The Kier molecular flexibility index (Phi) is 6.81. The molecule has 26 heavy (non-hydrogen) atoms. The molecule has 0 bridgehead atoms. The molecule has 0 saturated heterocycles. The van der Waals surface area contributed by atoms with Crippen LogP contribution in [0.4, 0.5) is 18.0 Å². The summed E-state index contributed by atoms with van der Waals surface area (Å²) in [4.78, 5) is 26.2. The standard InChI is InChI=1S/C16H20F3IN2O3S/c1-15(2,3)25-14(24)21-7-4-11(5-8-21)10-22(12-6-9-26-20-12)13(23)16(17,18)19/h4,6,9H,5,7-8,10H2,1-3H3. The van der Waals surface area contributed by atoms with Gasteiger partial charge in [0.25, 0.3) is 0 Å². The van der Waals surface area contributed by atoms with E-state index in [1.165, 1.54) is 13.8 Å². The van der Waals surface area contributed by atoms with Crippen molar-refractivity contribution in [3.8, 4) is 0 Å². The van der Waals surface area contributed by atoms with Crippen LogP contribution in [-0.2, 0) is 9.53 Å². The van der Waals surface area contributed by atoms with Crippen LogP contribution in [0.2, 0.25) is 0 Å². The Labute approximate surface area is 162 Å². The van der Waals surface area contributed by atoms with Crippen LogP contribution in [0, 0.1) is 0 Å². The van der Waals surface area contributed by atoms with Crippen molar-refractivity contribution in [3.05, 3.63) is 23.1 Å². The summed E-state index contributed by atoms with van der Waals surface area (Å²) in [6.07, 6.45) is -1.67. The summed E-state index contributed by atoms with van der Waals surface area (Å²) < 4.78 is 44.5. The van der Waals surface area contributed by atoms with Gasteiger partial charge in [0.1, 0.15) is 5.60 Å². The predicted octanol–water partition coefficient (Wildman–Crippen LogP) is 4.22. The lowest BCUT2D eigenvalue weighted by atomic mass is 10.1. The number of nitrogens with zero attached hydrogens (tertiary/aromatic N) is 2. The number of rotatable bonds is 3. The summed E-state index contributed by atoms with van der Waals surface area (Å²) in [5, 5.41) is 1.72. The summed E-state index contributed by atoms with van der Waals surface area (Å²) in [5.41, 5.74) is 0.105. The van der Waals surface area contributed by atoms with Gasteiger partial charge in [-0.3, -0.25) is 9.69 Å². The van der Waals surface area contributed by atoms with Gasteiger partial charge in [-0.1, -0.05) is 20.6 Å². The fourth-order valence-corrected chi connectivity index (χ4v) is 6.35. The lowest BCUT2D eigenvalue weighted by Crippen LogP contribution is -2.45. The van der Waals surface area contributed by atoms with Crippen LogP contribution < -0.4 is 0 Å². The maximum atomic E-state index is 12.9. The van der Waals surface area contributed by atoms with E-state index in [2.05, 4.69) is 0 Å². The molecule has 0 N–H and O–H groups in total. The molecule has 2 amide bonds. The van der Waals surface area contributed by atoms with Crippen molar-refractivity contribution >= 4 is 43.9 Å². The topological polar surface area (TPSA) is 49.9 Å². The normalized spacial score (nSPS) is 18.0. The van der Waals surface area contributed by atoms with E-state index in [0.29, 0.717) is 22.2 Å². The van der Waals surface area contributed by atoms with Crippen molar-refractivity contribution in [1.82, 2.24) is 9.80 Å². The summed E-state index contributed by atoms with van der Waals surface area (Å²) in [5.74, 6) is -1.84. The van der Waals surface area contributed by atoms with E-state index < -0.39 is 43.1 Å². The van der Waals surface area contributed by atoms with Crippen molar-refractivity contribution < 1.29 is 27.5 Å². The molecule has 0 aliphatic carbocycles. The number of ether oxygens (including phenoxy) is 1. The van der Waals surface area contributed by atoms with Gasteiger partial charge < -0.3 is 9.64 Å². The molecule has 0 atom stereocenters. The molecule has 0 aromatic carbocycles. The maximum Gasteiger partial charge on any atom is 0.471 e. The lowest BCUT2D eigenvalue weighted by molar-refractivity contribution is -0.180. The second-order valence-electron chi connectivity index (χ2n) is 6.72. The number of amides is 2. The highest BCUT2D eigenvalue weighted by molar-refractivity contribution is 14.2. The third kappa shape index (κ3) is 6.00. The number of carbonyl (C=O) groups excluding carboxylic acids is 2. The van der Waals surface area contributed by atoms with E-state index in [0.717, 1.165) is 4.90 Å². The van der Waals surface area contributed by atoms with Gasteiger partial charge in [-0.05, 0) is 58.0 Å². The molecule has 5 nitrogen and oxygen atoms in total. The van der Waals surface area contributed by atoms with E-state index in [4.69, 9.17) is 4.74 Å². The average molecular weight is 504 g/mol. The molecule has 146 valence electrons. The second kappa shape index (κ2) is 8.32. The smallest absolute Gasteiger partial charge is 0.444 e. The summed E-state index contributed by atoms with van der Waals surface area (Å²) >= 11 is -0.695. The molecule has 0 aromatic heterocycles. The molecule has 2 aliphatic heterocycles. The highest BCUT2D eigenvalue weighted by Gasteiger charge is 2.44. The molecule has 0 unspecified atom stereocenters. The van der Waals surface area contributed by atoms with E-state index in [9.17, 15) is 22.8 Å². The Morgan fingerprint density at radius 3 is 2.50 bits per heavy atom. The first-order valence-electron chi connectivity index (χ1n) is 7.86. The largest absolute Gasteiger partial charge is 0.471 e. The first kappa shape index (κ1) is 21.3. The average Bonchev–Trinajstić information content (AvgIpc) is 3.04. The Morgan fingerprint density at radius 1 is 1.35 bits per heavy atom. The third-order valence-corrected chi connectivity index (χ3v) is 7.87. The van der Waals surface area contributed by atoms with Crippen molar-refractivity contribution in [2.75, 3.05) is 19.6 Å². The highest BCUT2D eigenvalue weighted by atomic mass is 127. The monoisotopic (exact) mass is 504 g/mol. The molecule has 0 radical (unpaired) electrons. The van der Waals surface area contributed by atoms with E-state index in [-0.39, 0.29) is 13.1 Å². The van der Waals surface area contributed by atoms with Crippen molar-refractivity contribution in [1.29, 1.82) is 0 Å². The van der Waals surface area contributed by atoms with E-state index in [1.54, 1.807) is 38.3 Å². The molecule has 10 heteroatoms. The Balaban J connectivity index is 2.05. The maximum absolute atomic E-state index is 12.9. The lowest BCUT2D eigenvalue weighted by Gasteiger charge is -2.31. The van der Waals surface area contributed by atoms with Crippen LogP contribution >= 0.6 is 28.3 Å². The van der Waals surface area contributed by atoms with Crippen molar-refractivity contribution in [2.45, 2.75) is 39.0 Å². The van der Waals surface area contributed by atoms with Gasteiger partial charge in [0.15, 0.2) is 0 Å². The first-order chi connectivity index (χ1) is 12.0. The van der Waals surface area contributed by atoms with Crippen molar-refractivity contribution in [2.24, 2.45) is 0 Å². The van der Waals surface area contributed by atoms with Gasteiger partial charge in [0.2, 0.25) is 0 Å². The summed E-state index contributed by atoms with van der Waals surface area (Å²) in [6, 6.07) is 0. The third-order valence-electron chi connectivity index (χ3n) is 3.44. The van der Waals surface area contributed by atoms with Gasteiger partial charge in [-0.15, -0.1) is 0 Å². The number of hydrogen-bond acceptors (Lipinski definition) is 4. The van der Waals surface area contributed by atoms with Crippen molar-refractivity contribution in [3.63, 3.8) is 0 Å².